The van der Waals surface area contributed by atoms with Gasteiger partial charge < -0.3 is 10.3 Å². The van der Waals surface area contributed by atoms with E-state index >= 15 is 0 Å². The second-order valence-corrected chi connectivity index (χ2v) is 8.52. The summed E-state index contributed by atoms with van der Waals surface area (Å²) in [6, 6.07) is 7.64. The quantitative estimate of drug-likeness (QED) is 0.589. The fraction of sp³-hybridized carbons (Fsp3) is 0.565. The van der Waals surface area contributed by atoms with Gasteiger partial charge in [0.25, 0.3) is 0 Å². The van der Waals surface area contributed by atoms with Crippen LogP contribution in [0.25, 0.3) is 0 Å². The summed E-state index contributed by atoms with van der Waals surface area (Å²) in [5, 5.41) is 3.70. The van der Waals surface area contributed by atoms with Crippen LogP contribution in [0.15, 0.2) is 30.5 Å². The van der Waals surface area contributed by atoms with E-state index in [1.807, 2.05) is 30.5 Å². The Bertz CT molecular complexity index is 776. The molecule has 0 radical (unpaired) electrons. The minimum absolute atomic E-state index is 0.108. The molecule has 1 fully saturated rings. The van der Waals surface area contributed by atoms with Gasteiger partial charge in [0.2, 0.25) is 5.91 Å². The van der Waals surface area contributed by atoms with E-state index in [0.29, 0.717) is 23.9 Å². The summed E-state index contributed by atoms with van der Waals surface area (Å²) in [5.74, 6) is 1.79. The van der Waals surface area contributed by atoms with Gasteiger partial charge in [0, 0.05) is 49.4 Å². The molecule has 2 N–H and O–H groups in total. The molecule has 1 aliphatic heterocycles. The average molecular weight is 417 g/mol. The highest BCUT2D eigenvalue weighted by molar-refractivity contribution is 6.31. The third kappa shape index (κ3) is 7.16. The number of carbonyl (C=O) groups excluding carboxylic acids is 1. The molecule has 2 aromatic rings. The van der Waals surface area contributed by atoms with E-state index in [-0.39, 0.29) is 5.91 Å². The van der Waals surface area contributed by atoms with Crippen LogP contribution in [0.3, 0.4) is 0 Å². The van der Waals surface area contributed by atoms with Crippen LogP contribution < -0.4 is 5.32 Å². The van der Waals surface area contributed by atoms with Crippen molar-refractivity contribution in [2.75, 3.05) is 13.1 Å². The molecule has 0 spiro atoms. The zero-order valence-electron chi connectivity index (χ0n) is 17.4. The van der Waals surface area contributed by atoms with Gasteiger partial charge >= 0.3 is 0 Å². The van der Waals surface area contributed by atoms with Crippen molar-refractivity contribution in [3.63, 3.8) is 0 Å². The Morgan fingerprint density at radius 1 is 1.38 bits per heavy atom. The lowest BCUT2D eigenvalue weighted by Gasteiger charge is -2.32. The molecule has 5 nitrogen and oxygen atoms in total. The van der Waals surface area contributed by atoms with Crippen LogP contribution in [0.4, 0.5) is 0 Å². The number of benzene rings is 1. The highest BCUT2D eigenvalue weighted by Crippen LogP contribution is 2.22. The first-order valence-electron chi connectivity index (χ1n) is 10.9. The standard InChI is InChI=1S/C23H33ClN4O/c1-2-3-10-22-25-15-20(27-22)17-28-13-6-7-18(16-28)11-12-23(29)26-14-19-8-4-5-9-21(19)24/h4-5,8-9,15,18H,2-3,6-7,10-14,16-17H2,1H3,(H,25,27)(H,26,29). The number of aromatic nitrogens is 2. The van der Waals surface area contributed by atoms with Crippen molar-refractivity contribution < 1.29 is 4.79 Å². The second kappa shape index (κ2) is 11.4. The van der Waals surface area contributed by atoms with E-state index in [9.17, 15) is 4.79 Å². The van der Waals surface area contributed by atoms with Gasteiger partial charge in [-0.2, -0.15) is 0 Å². The number of hydrogen-bond acceptors (Lipinski definition) is 3. The topological polar surface area (TPSA) is 61.0 Å². The summed E-state index contributed by atoms with van der Waals surface area (Å²) in [7, 11) is 0. The summed E-state index contributed by atoms with van der Waals surface area (Å²) in [5.41, 5.74) is 2.17. The SMILES string of the molecule is CCCCc1ncc(CN2CCCC(CCC(=O)NCc3ccccc3Cl)C2)[nH]1. The largest absolute Gasteiger partial charge is 0.352 e. The number of aromatic amines is 1. The van der Waals surface area contributed by atoms with Crippen LogP contribution in [0.1, 0.15) is 62.5 Å². The smallest absolute Gasteiger partial charge is 0.220 e. The fourth-order valence-electron chi connectivity index (χ4n) is 3.99. The molecule has 0 bridgehead atoms. The molecule has 1 atom stereocenters. The molecule has 1 aromatic heterocycles. The maximum Gasteiger partial charge on any atom is 0.220 e. The molecule has 1 saturated heterocycles. The third-order valence-corrected chi connectivity index (χ3v) is 6.03. The number of likely N-dealkylation sites (tertiary alicyclic amines) is 1. The number of H-pyrrole nitrogens is 1. The zero-order valence-corrected chi connectivity index (χ0v) is 18.2. The van der Waals surface area contributed by atoms with E-state index in [1.54, 1.807) is 0 Å². The summed E-state index contributed by atoms with van der Waals surface area (Å²) >= 11 is 6.15. The van der Waals surface area contributed by atoms with Crippen molar-refractivity contribution in [1.29, 1.82) is 0 Å². The first kappa shape index (κ1) is 21.8. The molecule has 2 heterocycles. The number of piperidine rings is 1. The van der Waals surface area contributed by atoms with Crippen molar-refractivity contribution in [3.8, 4) is 0 Å². The predicted octanol–water partition coefficient (Wildman–Crippen LogP) is 4.71. The van der Waals surface area contributed by atoms with Crippen molar-refractivity contribution in [1.82, 2.24) is 20.2 Å². The molecule has 158 valence electrons. The number of carbonyl (C=O) groups is 1. The van der Waals surface area contributed by atoms with Gasteiger partial charge in [-0.05, 0) is 49.8 Å². The molecule has 1 unspecified atom stereocenters. The van der Waals surface area contributed by atoms with Crippen molar-refractivity contribution in [3.05, 3.63) is 52.6 Å². The Balaban J connectivity index is 1.38. The Kier molecular flexibility index (Phi) is 8.56. The van der Waals surface area contributed by atoms with E-state index in [2.05, 4.69) is 27.1 Å². The fourth-order valence-corrected chi connectivity index (χ4v) is 4.19. The lowest BCUT2D eigenvalue weighted by Crippen LogP contribution is -2.35. The average Bonchev–Trinajstić information content (AvgIpc) is 3.17. The first-order chi connectivity index (χ1) is 14.1. The lowest BCUT2D eigenvalue weighted by molar-refractivity contribution is -0.121. The highest BCUT2D eigenvalue weighted by atomic mass is 35.5. The summed E-state index contributed by atoms with van der Waals surface area (Å²) < 4.78 is 0. The maximum atomic E-state index is 12.3. The lowest BCUT2D eigenvalue weighted by atomic mass is 9.93. The Hall–Kier alpha value is -1.85. The van der Waals surface area contributed by atoms with Crippen molar-refractivity contribution in [2.24, 2.45) is 5.92 Å². The molecule has 1 aromatic carbocycles. The van der Waals surface area contributed by atoms with E-state index in [4.69, 9.17) is 11.6 Å². The van der Waals surface area contributed by atoms with Crippen LogP contribution >= 0.6 is 11.6 Å². The molecule has 1 aliphatic rings. The molecular formula is C23H33ClN4O. The number of imidazole rings is 1. The van der Waals surface area contributed by atoms with E-state index < -0.39 is 0 Å². The number of halogens is 1. The van der Waals surface area contributed by atoms with Gasteiger partial charge in [-0.15, -0.1) is 0 Å². The van der Waals surface area contributed by atoms with Crippen LogP contribution in [0, 0.1) is 5.92 Å². The number of unbranched alkanes of at least 4 members (excludes halogenated alkanes) is 1. The minimum Gasteiger partial charge on any atom is -0.352 e. The van der Waals surface area contributed by atoms with Crippen LogP contribution in [-0.4, -0.2) is 33.9 Å². The number of hydrogen-bond donors (Lipinski definition) is 2. The maximum absolute atomic E-state index is 12.3. The van der Waals surface area contributed by atoms with Gasteiger partial charge in [-0.3, -0.25) is 9.69 Å². The van der Waals surface area contributed by atoms with Gasteiger partial charge in [-0.25, -0.2) is 4.98 Å². The van der Waals surface area contributed by atoms with Crippen LogP contribution in [0.2, 0.25) is 5.02 Å². The first-order valence-corrected chi connectivity index (χ1v) is 11.3. The number of nitrogens with zero attached hydrogens (tertiary/aromatic N) is 2. The molecule has 3 rings (SSSR count). The molecular weight excluding hydrogens is 384 g/mol. The molecule has 6 heteroatoms. The number of aryl methyl sites for hydroxylation is 1. The Morgan fingerprint density at radius 2 is 2.24 bits per heavy atom. The summed E-state index contributed by atoms with van der Waals surface area (Å²) in [6.45, 7) is 5.80. The van der Waals surface area contributed by atoms with Crippen LogP contribution in [-0.2, 0) is 24.3 Å². The van der Waals surface area contributed by atoms with Gasteiger partial charge in [0.15, 0.2) is 0 Å². The van der Waals surface area contributed by atoms with Gasteiger partial charge in [-0.1, -0.05) is 43.1 Å². The van der Waals surface area contributed by atoms with Gasteiger partial charge in [0.05, 0.1) is 0 Å². The van der Waals surface area contributed by atoms with Crippen molar-refractivity contribution >= 4 is 17.5 Å². The normalized spacial score (nSPS) is 17.4. The molecule has 0 saturated carbocycles. The number of nitrogens with one attached hydrogen (secondary N) is 2. The number of rotatable bonds is 10. The Labute approximate surface area is 179 Å². The second-order valence-electron chi connectivity index (χ2n) is 8.11. The molecule has 0 aliphatic carbocycles. The van der Waals surface area contributed by atoms with E-state index in [0.717, 1.165) is 43.9 Å². The van der Waals surface area contributed by atoms with Crippen molar-refractivity contribution in [2.45, 2.75) is 65.0 Å². The Morgan fingerprint density at radius 3 is 3.07 bits per heavy atom. The van der Waals surface area contributed by atoms with E-state index in [1.165, 1.54) is 31.4 Å². The monoisotopic (exact) mass is 416 g/mol. The predicted molar refractivity (Wildman–Crippen MR) is 118 cm³/mol. The summed E-state index contributed by atoms with van der Waals surface area (Å²) in [4.78, 5) is 22.7. The molecule has 29 heavy (non-hydrogen) atoms. The summed E-state index contributed by atoms with van der Waals surface area (Å²) in [6.07, 6.45) is 9.30. The molecule has 1 amide bonds. The van der Waals surface area contributed by atoms with Gasteiger partial charge in [0.1, 0.15) is 5.82 Å². The third-order valence-electron chi connectivity index (χ3n) is 5.66. The minimum atomic E-state index is 0.108. The van der Waals surface area contributed by atoms with Crippen LogP contribution in [0.5, 0.6) is 0 Å². The number of amides is 1. The highest BCUT2D eigenvalue weighted by Gasteiger charge is 2.21. The zero-order chi connectivity index (χ0) is 20.5.